The van der Waals surface area contributed by atoms with Gasteiger partial charge in [-0.05, 0) is 68.4 Å². The molecule has 0 bridgehead atoms. The van der Waals surface area contributed by atoms with E-state index in [9.17, 15) is 18.0 Å². The molecule has 0 fully saturated rings. The van der Waals surface area contributed by atoms with Crippen LogP contribution in [-0.2, 0) is 28.9 Å². The molecule has 10 heteroatoms. The number of anilines is 2. The Morgan fingerprint density at radius 2 is 1.58 bits per heavy atom. The molecule has 0 atom stereocenters. The van der Waals surface area contributed by atoms with Crippen LogP contribution < -0.4 is 20.0 Å². The molecule has 3 aromatic carbocycles. The molecule has 0 spiro atoms. The Bertz CT molecular complexity index is 1570. The average molecular weight is 509 g/mol. The quantitative estimate of drug-likeness (QED) is 0.393. The van der Waals surface area contributed by atoms with Crippen molar-refractivity contribution in [2.24, 2.45) is 14.1 Å². The third kappa shape index (κ3) is 4.85. The third-order valence-corrected chi connectivity index (χ3v) is 7.68. The van der Waals surface area contributed by atoms with Crippen molar-refractivity contribution in [3.05, 3.63) is 82.8 Å². The number of ether oxygens (including phenoxy) is 1. The van der Waals surface area contributed by atoms with Crippen molar-refractivity contribution >= 4 is 38.3 Å². The summed E-state index contributed by atoms with van der Waals surface area (Å²) in [6, 6.07) is 18.1. The van der Waals surface area contributed by atoms with Crippen LogP contribution in [0.2, 0.25) is 0 Å². The summed E-state index contributed by atoms with van der Waals surface area (Å²) in [4.78, 5) is 25.4. The molecule has 1 heterocycles. The molecule has 0 saturated heterocycles. The largest absolute Gasteiger partial charge is 0.494 e. The minimum absolute atomic E-state index is 0.0792. The SMILES string of the molecule is CCOc1ccc(N(CC(=O)Nc2ccc3c(c2)n(C)c(=O)n3C)S(=O)(=O)c2ccc(C)cc2)cc1. The van der Waals surface area contributed by atoms with Gasteiger partial charge < -0.3 is 10.1 Å². The van der Waals surface area contributed by atoms with Gasteiger partial charge in [0.05, 0.1) is 28.2 Å². The van der Waals surface area contributed by atoms with Crippen LogP contribution in [-0.4, -0.2) is 36.6 Å². The molecule has 4 aromatic rings. The van der Waals surface area contributed by atoms with E-state index >= 15 is 0 Å². The lowest BCUT2D eigenvalue weighted by Gasteiger charge is -2.24. The van der Waals surface area contributed by atoms with Gasteiger partial charge >= 0.3 is 5.69 Å². The summed E-state index contributed by atoms with van der Waals surface area (Å²) in [7, 11) is -0.719. The maximum atomic E-state index is 13.6. The molecular formula is C26H28N4O5S. The lowest BCUT2D eigenvalue weighted by atomic mass is 10.2. The summed E-state index contributed by atoms with van der Waals surface area (Å²) >= 11 is 0. The fraction of sp³-hybridized carbons (Fsp3) is 0.231. The highest BCUT2D eigenvalue weighted by molar-refractivity contribution is 7.92. The number of hydrogen-bond donors (Lipinski definition) is 1. The van der Waals surface area contributed by atoms with Gasteiger partial charge in [-0.2, -0.15) is 0 Å². The Morgan fingerprint density at radius 1 is 0.944 bits per heavy atom. The van der Waals surface area contributed by atoms with Crippen molar-refractivity contribution in [3.63, 3.8) is 0 Å². The van der Waals surface area contributed by atoms with Gasteiger partial charge in [-0.3, -0.25) is 18.2 Å². The van der Waals surface area contributed by atoms with Crippen molar-refractivity contribution in [1.82, 2.24) is 9.13 Å². The van der Waals surface area contributed by atoms with E-state index in [-0.39, 0.29) is 10.6 Å². The van der Waals surface area contributed by atoms with Crippen LogP contribution in [0.4, 0.5) is 11.4 Å². The van der Waals surface area contributed by atoms with Crippen LogP contribution in [0.3, 0.4) is 0 Å². The van der Waals surface area contributed by atoms with Crippen LogP contribution in [0, 0.1) is 6.92 Å². The van der Waals surface area contributed by atoms with E-state index in [2.05, 4.69) is 5.32 Å². The molecule has 188 valence electrons. The number of aromatic nitrogens is 2. The highest BCUT2D eigenvalue weighted by Gasteiger charge is 2.27. The zero-order valence-electron chi connectivity index (χ0n) is 20.6. The first-order chi connectivity index (χ1) is 17.1. The number of amides is 1. The van der Waals surface area contributed by atoms with E-state index in [0.29, 0.717) is 29.2 Å². The number of hydrogen-bond acceptors (Lipinski definition) is 5. The molecule has 1 amide bonds. The Morgan fingerprint density at radius 3 is 2.22 bits per heavy atom. The van der Waals surface area contributed by atoms with Crippen molar-refractivity contribution in [1.29, 1.82) is 0 Å². The number of fused-ring (bicyclic) bond motifs is 1. The van der Waals surface area contributed by atoms with Gasteiger partial charge in [0.2, 0.25) is 5.91 Å². The molecule has 4 rings (SSSR count). The number of aryl methyl sites for hydroxylation is 3. The predicted molar refractivity (Wildman–Crippen MR) is 140 cm³/mol. The minimum atomic E-state index is -4.04. The van der Waals surface area contributed by atoms with Crippen molar-refractivity contribution in [3.8, 4) is 5.75 Å². The Kier molecular flexibility index (Phi) is 6.89. The van der Waals surface area contributed by atoms with E-state index in [1.54, 1.807) is 68.7 Å². The minimum Gasteiger partial charge on any atom is -0.494 e. The van der Waals surface area contributed by atoms with E-state index in [1.807, 2.05) is 13.8 Å². The molecule has 0 aliphatic rings. The fourth-order valence-corrected chi connectivity index (χ4v) is 5.36. The van der Waals surface area contributed by atoms with Gasteiger partial charge in [-0.25, -0.2) is 13.2 Å². The number of carbonyl (C=O) groups is 1. The maximum absolute atomic E-state index is 13.6. The van der Waals surface area contributed by atoms with Crippen molar-refractivity contribution in [2.45, 2.75) is 18.7 Å². The first-order valence-electron chi connectivity index (χ1n) is 11.4. The second kappa shape index (κ2) is 9.90. The zero-order valence-corrected chi connectivity index (χ0v) is 21.4. The van der Waals surface area contributed by atoms with Crippen LogP contribution in [0.15, 0.2) is 76.4 Å². The van der Waals surface area contributed by atoms with Gasteiger partial charge in [-0.1, -0.05) is 17.7 Å². The zero-order chi connectivity index (χ0) is 26.0. The normalized spacial score (nSPS) is 11.4. The van der Waals surface area contributed by atoms with Gasteiger partial charge in [0.1, 0.15) is 12.3 Å². The fourth-order valence-electron chi connectivity index (χ4n) is 3.94. The molecular weight excluding hydrogens is 480 g/mol. The van der Waals surface area contributed by atoms with Gasteiger partial charge in [0.25, 0.3) is 10.0 Å². The number of benzene rings is 3. The number of imidazole rings is 1. The van der Waals surface area contributed by atoms with E-state index in [1.165, 1.54) is 21.3 Å². The van der Waals surface area contributed by atoms with Crippen molar-refractivity contribution in [2.75, 3.05) is 22.8 Å². The van der Waals surface area contributed by atoms with E-state index < -0.39 is 22.5 Å². The van der Waals surface area contributed by atoms with Gasteiger partial charge in [-0.15, -0.1) is 0 Å². The molecule has 0 saturated carbocycles. The standard InChI is InChI=1S/C26H28N4O5S/c1-5-35-21-11-9-20(10-12-21)30(36(33,34)22-13-6-18(2)7-14-22)17-25(31)27-19-8-15-23-24(16-19)29(4)26(32)28(23)3/h6-16H,5,17H2,1-4H3,(H,27,31). The van der Waals surface area contributed by atoms with Crippen LogP contribution in [0.25, 0.3) is 11.0 Å². The predicted octanol–water partition coefficient (Wildman–Crippen LogP) is 3.42. The summed E-state index contributed by atoms with van der Waals surface area (Å²) in [5.74, 6) is 0.0695. The summed E-state index contributed by atoms with van der Waals surface area (Å²) in [6.45, 7) is 3.75. The first kappa shape index (κ1) is 25.1. The highest BCUT2D eigenvalue weighted by atomic mass is 32.2. The molecule has 0 aliphatic heterocycles. The van der Waals surface area contributed by atoms with Crippen LogP contribution >= 0.6 is 0 Å². The number of carbonyl (C=O) groups excluding carboxylic acids is 1. The monoisotopic (exact) mass is 508 g/mol. The smallest absolute Gasteiger partial charge is 0.328 e. The topological polar surface area (TPSA) is 103 Å². The number of nitrogens with one attached hydrogen (secondary N) is 1. The van der Waals surface area contributed by atoms with Gasteiger partial charge in [0.15, 0.2) is 0 Å². The average Bonchev–Trinajstić information content (AvgIpc) is 3.07. The molecule has 0 aliphatic carbocycles. The summed E-state index contributed by atoms with van der Waals surface area (Å²) in [5.41, 5.74) is 2.89. The van der Waals surface area contributed by atoms with Crippen LogP contribution in [0.1, 0.15) is 12.5 Å². The Hall–Kier alpha value is -4.05. The first-order valence-corrected chi connectivity index (χ1v) is 12.8. The van der Waals surface area contributed by atoms with Crippen LogP contribution in [0.5, 0.6) is 5.75 Å². The number of rotatable bonds is 8. The summed E-state index contributed by atoms with van der Waals surface area (Å²) < 4.78 is 36.7. The second-order valence-electron chi connectivity index (χ2n) is 8.40. The van der Waals surface area contributed by atoms with Gasteiger partial charge in [0, 0.05) is 19.8 Å². The molecule has 36 heavy (non-hydrogen) atoms. The Labute approximate surface area is 209 Å². The number of sulfonamides is 1. The maximum Gasteiger partial charge on any atom is 0.328 e. The Balaban J connectivity index is 1.66. The molecule has 1 N–H and O–H groups in total. The highest BCUT2D eigenvalue weighted by Crippen LogP contribution is 2.26. The molecule has 0 unspecified atom stereocenters. The third-order valence-electron chi connectivity index (χ3n) is 5.89. The summed E-state index contributed by atoms with van der Waals surface area (Å²) in [5, 5.41) is 2.76. The van der Waals surface area contributed by atoms with Crippen molar-refractivity contribution < 1.29 is 17.9 Å². The second-order valence-corrected chi connectivity index (χ2v) is 10.3. The lowest BCUT2D eigenvalue weighted by Crippen LogP contribution is -2.38. The molecule has 9 nitrogen and oxygen atoms in total. The number of nitrogens with zero attached hydrogens (tertiary/aromatic N) is 3. The molecule has 1 aromatic heterocycles. The molecule has 0 radical (unpaired) electrons. The van der Waals surface area contributed by atoms with E-state index in [4.69, 9.17) is 4.74 Å². The summed E-state index contributed by atoms with van der Waals surface area (Å²) in [6.07, 6.45) is 0. The van der Waals surface area contributed by atoms with E-state index in [0.717, 1.165) is 15.4 Å². The lowest BCUT2D eigenvalue weighted by molar-refractivity contribution is -0.114.